The second-order valence-corrected chi connectivity index (χ2v) is 3.70. The molecule has 0 aliphatic rings. The van der Waals surface area contributed by atoms with Gasteiger partial charge in [-0.2, -0.15) is 0 Å². The van der Waals surface area contributed by atoms with Crippen molar-refractivity contribution in [2.75, 3.05) is 0 Å². The van der Waals surface area contributed by atoms with Crippen LogP contribution in [-0.2, 0) is 6.54 Å². The first-order chi connectivity index (χ1) is 6.72. The highest BCUT2D eigenvalue weighted by Crippen LogP contribution is 2.25. The van der Waals surface area contributed by atoms with Crippen LogP contribution in [0.2, 0.25) is 5.02 Å². The van der Waals surface area contributed by atoms with Gasteiger partial charge in [0.1, 0.15) is 0 Å². The molecule has 0 saturated heterocycles. The van der Waals surface area contributed by atoms with Crippen LogP contribution in [0.15, 0.2) is 24.4 Å². The fourth-order valence-electron chi connectivity index (χ4n) is 1.46. The number of hydrogen-bond donors (Lipinski definition) is 1. The molecule has 0 atom stereocenters. The van der Waals surface area contributed by atoms with Crippen molar-refractivity contribution in [1.29, 1.82) is 0 Å². The van der Waals surface area contributed by atoms with E-state index >= 15 is 0 Å². The lowest BCUT2D eigenvalue weighted by Crippen LogP contribution is -1.98. The summed E-state index contributed by atoms with van der Waals surface area (Å²) < 4.78 is 0. The summed E-state index contributed by atoms with van der Waals surface area (Å²) in [7, 11) is 0. The standard InChI is InChI=1S/C11H11ClN2/c1-7-2-3-10-9(4-7)11(12)8(5-13)6-14-10/h2-4,6H,5,13H2,1H3. The van der Waals surface area contributed by atoms with E-state index in [-0.39, 0.29) is 0 Å². The van der Waals surface area contributed by atoms with E-state index in [0.717, 1.165) is 21.5 Å². The molecule has 3 heteroatoms. The molecule has 0 spiro atoms. The molecule has 0 amide bonds. The molecule has 0 saturated carbocycles. The Labute approximate surface area is 87.7 Å². The molecular formula is C11H11ClN2. The SMILES string of the molecule is Cc1ccc2ncc(CN)c(Cl)c2c1. The lowest BCUT2D eigenvalue weighted by Gasteiger charge is -2.05. The Bertz CT molecular complexity index is 480. The van der Waals surface area contributed by atoms with Crippen molar-refractivity contribution in [3.05, 3.63) is 40.5 Å². The second kappa shape index (κ2) is 3.56. The van der Waals surface area contributed by atoms with Crippen molar-refractivity contribution in [2.45, 2.75) is 13.5 Å². The normalized spacial score (nSPS) is 10.8. The van der Waals surface area contributed by atoms with E-state index in [1.54, 1.807) is 6.20 Å². The van der Waals surface area contributed by atoms with Crippen LogP contribution in [0.3, 0.4) is 0 Å². The first-order valence-corrected chi connectivity index (χ1v) is 4.84. The van der Waals surface area contributed by atoms with Crippen molar-refractivity contribution in [3.8, 4) is 0 Å². The monoisotopic (exact) mass is 206 g/mol. The van der Waals surface area contributed by atoms with Crippen LogP contribution >= 0.6 is 11.6 Å². The third-order valence-electron chi connectivity index (χ3n) is 2.25. The maximum Gasteiger partial charge on any atom is 0.0717 e. The zero-order valence-corrected chi connectivity index (χ0v) is 8.67. The van der Waals surface area contributed by atoms with Crippen molar-refractivity contribution in [3.63, 3.8) is 0 Å². The molecule has 1 aromatic carbocycles. The summed E-state index contributed by atoms with van der Waals surface area (Å²) in [5.74, 6) is 0. The Morgan fingerprint density at radius 3 is 2.93 bits per heavy atom. The van der Waals surface area contributed by atoms with Gasteiger partial charge in [-0.25, -0.2) is 0 Å². The lowest BCUT2D eigenvalue weighted by atomic mass is 10.1. The smallest absolute Gasteiger partial charge is 0.0717 e. The summed E-state index contributed by atoms with van der Waals surface area (Å²) in [4.78, 5) is 4.29. The van der Waals surface area contributed by atoms with Gasteiger partial charge in [0.2, 0.25) is 0 Å². The quantitative estimate of drug-likeness (QED) is 0.779. The molecule has 0 radical (unpaired) electrons. The Morgan fingerprint density at radius 1 is 1.43 bits per heavy atom. The second-order valence-electron chi connectivity index (χ2n) is 3.32. The van der Waals surface area contributed by atoms with Crippen molar-refractivity contribution < 1.29 is 0 Å². The summed E-state index contributed by atoms with van der Waals surface area (Å²) in [6.45, 7) is 2.46. The van der Waals surface area contributed by atoms with Gasteiger partial charge in [0.05, 0.1) is 10.5 Å². The highest BCUT2D eigenvalue weighted by Gasteiger charge is 2.04. The van der Waals surface area contributed by atoms with Gasteiger partial charge in [0.25, 0.3) is 0 Å². The van der Waals surface area contributed by atoms with Crippen LogP contribution in [0, 0.1) is 6.92 Å². The zero-order valence-electron chi connectivity index (χ0n) is 7.92. The minimum Gasteiger partial charge on any atom is -0.326 e. The molecule has 1 aromatic heterocycles. The average Bonchev–Trinajstić information content (AvgIpc) is 2.20. The number of pyridine rings is 1. The molecule has 0 aliphatic carbocycles. The topological polar surface area (TPSA) is 38.9 Å². The van der Waals surface area contributed by atoms with Crippen LogP contribution in [0.1, 0.15) is 11.1 Å². The van der Waals surface area contributed by atoms with E-state index in [4.69, 9.17) is 17.3 Å². The van der Waals surface area contributed by atoms with E-state index in [1.165, 1.54) is 5.56 Å². The Hall–Kier alpha value is -1.12. The molecule has 2 N–H and O–H groups in total. The van der Waals surface area contributed by atoms with Crippen LogP contribution in [0.25, 0.3) is 10.9 Å². The van der Waals surface area contributed by atoms with Crippen molar-refractivity contribution in [2.24, 2.45) is 5.73 Å². The number of aromatic nitrogens is 1. The molecular weight excluding hydrogens is 196 g/mol. The average molecular weight is 207 g/mol. The highest BCUT2D eigenvalue weighted by molar-refractivity contribution is 6.36. The minimum absolute atomic E-state index is 0.426. The van der Waals surface area contributed by atoms with Gasteiger partial charge < -0.3 is 5.73 Å². The molecule has 72 valence electrons. The molecule has 2 nitrogen and oxygen atoms in total. The van der Waals surface area contributed by atoms with Gasteiger partial charge in [0, 0.05) is 23.7 Å². The van der Waals surface area contributed by atoms with Crippen LogP contribution in [0.4, 0.5) is 0 Å². The van der Waals surface area contributed by atoms with Gasteiger partial charge in [-0.3, -0.25) is 4.98 Å². The highest BCUT2D eigenvalue weighted by atomic mass is 35.5. The van der Waals surface area contributed by atoms with E-state index in [2.05, 4.69) is 4.98 Å². The summed E-state index contributed by atoms with van der Waals surface area (Å²) in [6.07, 6.45) is 1.74. The fraction of sp³-hybridized carbons (Fsp3) is 0.182. The number of fused-ring (bicyclic) bond motifs is 1. The first-order valence-electron chi connectivity index (χ1n) is 4.46. The van der Waals surface area contributed by atoms with Crippen LogP contribution in [-0.4, -0.2) is 4.98 Å². The third kappa shape index (κ3) is 1.47. The van der Waals surface area contributed by atoms with E-state index < -0.39 is 0 Å². The van der Waals surface area contributed by atoms with E-state index in [1.807, 2.05) is 25.1 Å². The number of halogens is 1. The van der Waals surface area contributed by atoms with Crippen LogP contribution in [0.5, 0.6) is 0 Å². The summed E-state index contributed by atoms with van der Waals surface area (Å²) in [6, 6.07) is 6.02. The number of rotatable bonds is 1. The maximum atomic E-state index is 6.19. The number of hydrogen-bond acceptors (Lipinski definition) is 2. The summed E-state index contributed by atoms with van der Waals surface area (Å²) >= 11 is 6.19. The summed E-state index contributed by atoms with van der Waals surface area (Å²) in [5.41, 5.74) is 8.54. The third-order valence-corrected chi connectivity index (χ3v) is 2.70. The fourth-order valence-corrected chi connectivity index (χ4v) is 1.73. The lowest BCUT2D eigenvalue weighted by molar-refractivity contribution is 1.06. The number of aryl methyl sites for hydroxylation is 1. The Kier molecular flexibility index (Phi) is 2.40. The van der Waals surface area contributed by atoms with Crippen molar-refractivity contribution >= 4 is 22.5 Å². The molecule has 1 heterocycles. The Balaban J connectivity index is 2.79. The summed E-state index contributed by atoms with van der Waals surface area (Å²) in [5, 5.41) is 1.70. The van der Waals surface area contributed by atoms with Crippen LogP contribution < -0.4 is 5.73 Å². The van der Waals surface area contributed by atoms with Gasteiger partial charge in [-0.1, -0.05) is 23.2 Å². The number of benzene rings is 1. The minimum atomic E-state index is 0.426. The molecule has 0 fully saturated rings. The molecule has 0 aliphatic heterocycles. The van der Waals surface area contributed by atoms with E-state index in [9.17, 15) is 0 Å². The number of nitrogens with two attached hydrogens (primary N) is 1. The van der Waals surface area contributed by atoms with E-state index in [0.29, 0.717) is 6.54 Å². The Morgan fingerprint density at radius 2 is 2.21 bits per heavy atom. The van der Waals surface area contributed by atoms with Gasteiger partial charge in [-0.05, 0) is 19.1 Å². The maximum absolute atomic E-state index is 6.19. The van der Waals surface area contributed by atoms with Gasteiger partial charge in [0.15, 0.2) is 0 Å². The zero-order chi connectivity index (χ0) is 10.1. The molecule has 0 unspecified atom stereocenters. The van der Waals surface area contributed by atoms with Gasteiger partial charge >= 0.3 is 0 Å². The molecule has 14 heavy (non-hydrogen) atoms. The predicted octanol–water partition coefficient (Wildman–Crippen LogP) is 2.66. The predicted molar refractivity (Wildman–Crippen MR) is 59.4 cm³/mol. The molecule has 2 aromatic rings. The largest absolute Gasteiger partial charge is 0.326 e. The molecule has 0 bridgehead atoms. The first kappa shape index (κ1) is 9.44. The van der Waals surface area contributed by atoms with Crippen molar-refractivity contribution in [1.82, 2.24) is 4.98 Å². The van der Waals surface area contributed by atoms with Gasteiger partial charge in [-0.15, -0.1) is 0 Å². The molecule has 2 rings (SSSR count). The number of nitrogens with zero attached hydrogens (tertiary/aromatic N) is 1.